The fourth-order valence-corrected chi connectivity index (χ4v) is 1.44. The minimum absolute atomic E-state index is 0.628. The normalized spacial score (nSPS) is 10.2. The zero-order valence-corrected chi connectivity index (χ0v) is 8.36. The third-order valence-electron chi connectivity index (χ3n) is 1.70. The van der Waals surface area contributed by atoms with Gasteiger partial charge in [0.2, 0.25) is 12.2 Å². The molecule has 4 heteroatoms. The lowest BCUT2D eigenvalue weighted by atomic mass is 10.1. The molecule has 66 valence electrons. The molecule has 0 unspecified atom stereocenters. The second-order valence-corrected chi connectivity index (χ2v) is 3.15. The van der Waals surface area contributed by atoms with Crippen molar-refractivity contribution in [3.8, 4) is 11.4 Å². The molecule has 0 bridgehead atoms. The van der Waals surface area contributed by atoms with Crippen LogP contribution in [0.5, 0.6) is 0 Å². The first-order valence-corrected chi connectivity index (χ1v) is 4.94. The van der Waals surface area contributed by atoms with Gasteiger partial charge in [0.1, 0.15) is 0 Å². The van der Waals surface area contributed by atoms with Crippen LogP contribution in [0.2, 0.25) is 0 Å². The Labute approximate surface area is 83.9 Å². The summed E-state index contributed by atoms with van der Waals surface area (Å²) in [6.45, 7) is 0. The first kappa shape index (κ1) is 8.44. The molecule has 0 saturated carbocycles. The molecule has 0 amide bonds. The molecule has 3 nitrogen and oxygen atoms in total. The van der Waals surface area contributed by atoms with Crippen molar-refractivity contribution >= 4 is 15.9 Å². The molecule has 0 spiro atoms. The standard InChI is InChI=1S/C9H7BrN2O/c10-5-7-2-1-3-8(4-7)9-11-6-13-12-9/h1-4,6H,5H2. The Morgan fingerprint density at radius 1 is 1.38 bits per heavy atom. The van der Waals surface area contributed by atoms with Gasteiger partial charge < -0.3 is 4.52 Å². The molecule has 0 fully saturated rings. The van der Waals surface area contributed by atoms with Crippen LogP contribution in [0.4, 0.5) is 0 Å². The minimum atomic E-state index is 0.628. The molecule has 1 aromatic heterocycles. The predicted molar refractivity (Wildman–Crippen MR) is 52.4 cm³/mol. The van der Waals surface area contributed by atoms with E-state index >= 15 is 0 Å². The molecule has 0 N–H and O–H groups in total. The maximum atomic E-state index is 4.67. The van der Waals surface area contributed by atoms with E-state index in [-0.39, 0.29) is 0 Å². The molecule has 0 radical (unpaired) electrons. The molecular weight excluding hydrogens is 232 g/mol. The molecule has 0 saturated heterocycles. The van der Waals surface area contributed by atoms with Crippen LogP contribution in [0, 0.1) is 0 Å². The van der Waals surface area contributed by atoms with Gasteiger partial charge in [-0.15, -0.1) is 0 Å². The highest BCUT2D eigenvalue weighted by molar-refractivity contribution is 9.08. The molecule has 2 aromatic rings. The molecule has 13 heavy (non-hydrogen) atoms. The Morgan fingerprint density at radius 2 is 2.31 bits per heavy atom. The molecule has 1 aromatic carbocycles. The van der Waals surface area contributed by atoms with Crippen molar-refractivity contribution in [2.75, 3.05) is 0 Å². The van der Waals surface area contributed by atoms with Crippen LogP contribution in [0.3, 0.4) is 0 Å². The zero-order chi connectivity index (χ0) is 9.10. The number of rotatable bonds is 2. The summed E-state index contributed by atoms with van der Waals surface area (Å²) in [5.41, 5.74) is 2.17. The minimum Gasteiger partial charge on any atom is -0.342 e. The first-order chi connectivity index (χ1) is 6.40. The summed E-state index contributed by atoms with van der Waals surface area (Å²) in [7, 11) is 0. The molecule has 0 aliphatic carbocycles. The highest BCUT2D eigenvalue weighted by Gasteiger charge is 2.02. The third-order valence-corrected chi connectivity index (χ3v) is 2.35. The van der Waals surface area contributed by atoms with Crippen molar-refractivity contribution in [1.82, 2.24) is 10.1 Å². The Balaban J connectivity index is 2.41. The van der Waals surface area contributed by atoms with E-state index in [1.165, 1.54) is 12.0 Å². The Hall–Kier alpha value is -1.16. The Kier molecular flexibility index (Phi) is 2.40. The van der Waals surface area contributed by atoms with Gasteiger partial charge in [-0.25, -0.2) is 0 Å². The summed E-state index contributed by atoms with van der Waals surface area (Å²) in [5.74, 6) is 0.628. The molecule has 0 atom stereocenters. The SMILES string of the molecule is BrCc1cccc(-c2ncon2)c1. The monoisotopic (exact) mass is 238 g/mol. The van der Waals surface area contributed by atoms with Gasteiger partial charge in [-0.3, -0.25) is 0 Å². The van der Waals surface area contributed by atoms with Crippen LogP contribution in [0.15, 0.2) is 35.2 Å². The van der Waals surface area contributed by atoms with Gasteiger partial charge in [0.15, 0.2) is 0 Å². The number of hydrogen-bond donors (Lipinski definition) is 0. The quantitative estimate of drug-likeness (QED) is 0.756. The van der Waals surface area contributed by atoms with Crippen LogP contribution in [0.25, 0.3) is 11.4 Å². The smallest absolute Gasteiger partial charge is 0.214 e. The summed E-state index contributed by atoms with van der Waals surface area (Å²) in [5, 5.41) is 4.59. The van der Waals surface area contributed by atoms with E-state index in [4.69, 9.17) is 0 Å². The third kappa shape index (κ3) is 1.78. The number of alkyl halides is 1. The lowest BCUT2D eigenvalue weighted by molar-refractivity contribution is 0.419. The highest BCUT2D eigenvalue weighted by atomic mass is 79.9. The van der Waals surface area contributed by atoms with E-state index < -0.39 is 0 Å². The van der Waals surface area contributed by atoms with Gasteiger partial charge in [0.25, 0.3) is 0 Å². The Bertz CT molecular complexity index is 386. The van der Waals surface area contributed by atoms with Crippen molar-refractivity contribution < 1.29 is 4.52 Å². The second-order valence-electron chi connectivity index (χ2n) is 2.59. The van der Waals surface area contributed by atoms with Gasteiger partial charge in [-0.05, 0) is 11.6 Å². The number of halogens is 1. The van der Waals surface area contributed by atoms with E-state index in [1.54, 1.807) is 0 Å². The van der Waals surface area contributed by atoms with Crippen LogP contribution in [-0.2, 0) is 5.33 Å². The number of benzene rings is 1. The number of hydrogen-bond acceptors (Lipinski definition) is 3. The maximum absolute atomic E-state index is 4.67. The predicted octanol–water partition coefficient (Wildman–Crippen LogP) is 2.63. The summed E-state index contributed by atoms with van der Waals surface area (Å²) in [4.78, 5) is 3.97. The topological polar surface area (TPSA) is 38.9 Å². The largest absolute Gasteiger partial charge is 0.342 e. The lowest BCUT2D eigenvalue weighted by Crippen LogP contribution is -1.82. The van der Waals surface area contributed by atoms with Gasteiger partial charge in [0.05, 0.1) is 0 Å². The second kappa shape index (κ2) is 3.70. The maximum Gasteiger partial charge on any atom is 0.214 e. The van der Waals surface area contributed by atoms with E-state index in [0.29, 0.717) is 5.82 Å². The number of nitrogens with zero attached hydrogens (tertiary/aromatic N) is 2. The number of aromatic nitrogens is 2. The fraction of sp³-hybridized carbons (Fsp3) is 0.111. The van der Waals surface area contributed by atoms with Crippen LogP contribution >= 0.6 is 15.9 Å². The molecule has 2 rings (SSSR count). The summed E-state index contributed by atoms with van der Waals surface area (Å²) in [6.07, 6.45) is 1.33. The van der Waals surface area contributed by atoms with Gasteiger partial charge >= 0.3 is 0 Å². The van der Waals surface area contributed by atoms with Crippen molar-refractivity contribution in [3.05, 3.63) is 36.2 Å². The van der Waals surface area contributed by atoms with Gasteiger partial charge in [-0.1, -0.05) is 39.3 Å². The average molecular weight is 239 g/mol. The van der Waals surface area contributed by atoms with E-state index in [2.05, 4.69) is 30.6 Å². The van der Waals surface area contributed by atoms with Gasteiger partial charge in [0, 0.05) is 10.9 Å². The molecular formula is C9H7BrN2O. The Morgan fingerprint density at radius 3 is 3.00 bits per heavy atom. The summed E-state index contributed by atoms with van der Waals surface area (Å²) >= 11 is 3.39. The summed E-state index contributed by atoms with van der Waals surface area (Å²) in [6, 6.07) is 8.00. The van der Waals surface area contributed by atoms with Crippen molar-refractivity contribution in [2.24, 2.45) is 0 Å². The van der Waals surface area contributed by atoms with Crippen LogP contribution in [-0.4, -0.2) is 10.1 Å². The molecule has 1 heterocycles. The average Bonchev–Trinajstić information content (AvgIpc) is 2.71. The highest BCUT2D eigenvalue weighted by Crippen LogP contribution is 2.17. The van der Waals surface area contributed by atoms with E-state index in [0.717, 1.165) is 10.9 Å². The van der Waals surface area contributed by atoms with Crippen LogP contribution < -0.4 is 0 Å². The van der Waals surface area contributed by atoms with E-state index in [9.17, 15) is 0 Å². The lowest BCUT2D eigenvalue weighted by Gasteiger charge is -1.97. The van der Waals surface area contributed by atoms with Crippen molar-refractivity contribution in [1.29, 1.82) is 0 Å². The van der Waals surface area contributed by atoms with Crippen molar-refractivity contribution in [3.63, 3.8) is 0 Å². The van der Waals surface area contributed by atoms with Gasteiger partial charge in [-0.2, -0.15) is 4.98 Å². The van der Waals surface area contributed by atoms with E-state index in [1.807, 2.05) is 24.3 Å². The first-order valence-electron chi connectivity index (χ1n) is 3.82. The summed E-state index contributed by atoms with van der Waals surface area (Å²) < 4.78 is 4.67. The molecule has 0 aliphatic heterocycles. The molecule has 0 aliphatic rings. The van der Waals surface area contributed by atoms with Crippen LogP contribution in [0.1, 0.15) is 5.56 Å². The zero-order valence-electron chi connectivity index (χ0n) is 6.77. The fourth-order valence-electron chi connectivity index (χ4n) is 1.09. The van der Waals surface area contributed by atoms with Crippen molar-refractivity contribution in [2.45, 2.75) is 5.33 Å².